The summed E-state index contributed by atoms with van der Waals surface area (Å²) >= 11 is 0. The molecule has 18 aliphatic rings. The SMILES string of the molecule is C/C=C/C(=O)OC1(C)[C@H]2[C@@H]3C=C(C)C[C@]4(O)C(=O)C(C)=C[C@H]4[C@@]3(O)[C@H](C)C[C@]21OC(=O)C(C)C.CC(=O)O[C@@]12C[C@@H](C)[C@@]3(O)[C@@H](C4OC4(CO)C[C@]4(O)C(O)C(C)=C[C@@H]34)[C@@H]1C2(C)C.CC(=O)O[C@@]12C[C@@H](C)[C@@]3(O)[C@@H](C=C(CO)C[C@]4(O)C(O)C(C)=C[C@@H]34)[C@@H]1C2(C)C.CCCCCCCCCCCC(=O)O[C@@]12C[C@@H](C)[C@@]3(O)[C@@H](C4OC4(CO)C[C@]4(O)C(=O)C(C)=C[C@@H]34)[C@@H]1C2(C)C. The van der Waals surface area contributed by atoms with Crippen molar-refractivity contribution in [3.63, 3.8) is 0 Å². The highest BCUT2D eigenvalue weighted by Crippen LogP contribution is 2.83. The van der Waals surface area contributed by atoms with Crippen LogP contribution in [-0.2, 0) is 66.7 Å². The number of hydrogen-bond donors (Lipinski definition) is 13. The van der Waals surface area contributed by atoms with Crippen LogP contribution >= 0.6 is 0 Å². The number of hydrogen-bond acceptors (Lipinski definition) is 27. The number of fused-ring (bicyclic) bond motifs is 24. The van der Waals surface area contributed by atoms with Crippen LogP contribution in [0.2, 0.25) is 0 Å². The van der Waals surface area contributed by atoms with Gasteiger partial charge in [0.1, 0.15) is 62.6 Å². The summed E-state index contributed by atoms with van der Waals surface area (Å²) in [7, 11) is 0. The molecule has 0 aromatic carbocycles. The second-order valence-corrected chi connectivity index (χ2v) is 46.5. The third-order valence-electron chi connectivity index (χ3n) is 37.9. The van der Waals surface area contributed by atoms with Gasteiger partial charge in [0.25, 0.3) is 0 Å². The van der Waals surface area contributed by atoms with Gasteiger partial charge in [-0.15, -0.1) is 0 Å². The van der Waals surface area contributed by atoms with Gasteiger partial charge in [-0.2, -0.15) is 0 Å². The smallest absolute Gasteiger partial charge is 0.331 e. The minimum absolute atomic E-state index is 0.0391. The van der Waals surface area contributed by atoms with Crippen molar-refractivity contribution < 1.29 is 133 Å². The number of unbranched alkanes of at least 4 members (excludes halogenated alkanes) is 8. The van der Waals surface area contributed by atoms with Crippen LogP contribution in [0.15, 0.2) is 82.0 Å². The second kappa shape index (κ2) is 31.9. The highest BCUT2D eigenvalue weighted by Gasteiger charge is 2.93. The van der Waals surface area contributed by atoms with E-state index in [-0.39, 0.29) is 128 Å². The quantitative estimate of drug-likeness (QED) is 0.0135. The van der Waals surface area contributed by atoms with Crippen LogP contribution in [0.1, 0.15) is 268 Å². The molecule has 2 saturated heterocycles. The van der Waals surface area contributed by atoms with Gasteiger partial charge in [0, 0.05) is 133 Å². The monoisotopic (exact) mass is 1820 g/mol. The number of allylic oxidation sites excluding steroid dienone is 1. The molecule has 724 valence electrons. The minimum atomic E-state index is -1.81. The molecule has 130 heavy (non-hydrogen) atoms. The molecule has 35 atom stereocenters. The van der Waals surface area contributed by atoms with E-state index in [1.165, 1.54) is 58.4 Å². The zero-order valence-electron chi connectivity index (χ0n) is 80.6. The molecule has 2 heterocycles. The Morgan fingerprint density at radius 2 is 0.900 bits per heavy atom. The number of aliphatic hydroxyl groups excluding tert-OH is 5. The number of ether oxygens (including phenoxy) is 7. The average Bonchev–Trinajstić information content (AvgIpc) is 1.48. The molecule has 7 unspecified atom stereocenters. The molecule has 0 amide bonds. The van der Waals surface area contributed by atoms with E-state index < -0.39 is 191 Å². The molecule has 13 N–H and O–H groups in total. The molecule has 12 fully saturated rings. The van der Waals surface area contributed by atoms with Crippen molar-refractivity contribution in [1.29, 1.82) is 0 Å². The molecule has 0 radical (unpaired) electrons. The number of esters is 5. The van der Waals surface area contributed by atoms with E-state index in [1.54, 1.807) is 85.8 Å². The van der Waals surface area contributed by atoms with Crippen molar-refractivity contribution in [2.45, 2.75) is 376 Å². The van der Waals surface area contributed by atoms with Crippen molar-refractivity contribution in [3.05, 3.63) is 82.0 Å². The molecule has 27 nitrogen and oxygen atoms in total. The van der Waals surface area contributed by atoms with E-state index in [4.69, 9.17) is 33.2 Å². The first kappa shape index (κ1) is 98.8. The molecule has 10 saturated carbocycles. The minimum Gasteiger partial charge on any atom is -0.458 e. The van der Waals surface area contributed by atoms with E-state index in [9.17, 15) is 99.9 Å². The van der Waals surface area contributed by atoms with E-state index in [1.807, 2.05) is 74.5 Å². The fourth-order valence-corrected chi connectivity index (χ4v) is 31.2. The van der Waals surface area contributed by atoms with E-state index in [2.05, 4.69) is 20.8 Å². The lowest BCUT2D eigenvalue weighted by Gasteiger charge is -2.52. The van der Waals surface area contributed by atoms with Gasteiger partial charge in [0.2, 0.25) is 0 Å². The molecular weight excluding hydrogens is 1670 g/mol. The van der Waals surface area contributed by atoms with Crippen molar-refractivity contribution in [1.82, 2.24) is 0 Å². The number of epoxide rings is 2. The summed E-state index contributed by atoms with van der Waals surface area (Å²) in [6.45, 7) is 39.8. The molecule has 16 aliphatic carbocycles. The van der Waals surface area contributed by atoms with Gasteiger partial charge in [-0.3, -0.25) is 28.8 Å². The Hall–Kier alpha value is -5.73. The zero-order chi connectivity index (χ0) is 96.1. The van der Waals surface area contributed by atoms with Gasteiger partial charge in [-0.25, -0.2) is 4.79 Å². The maximum Gasteiger partial charge on any atom is 0.331 e. The lowest BCUT2D eigenvalue weighted by Crippen LogP contribution is -2.63. The number of carbonyl (C=O) groups is 7. The van der Waals surface area contributed by atoms with E-state index >= 15 is 0 Å². The van der Waals surface area contributed by atoms with Crippen LogP contribution in [0, 0.1) is 117 Å². The molecule has 27 heteroatoms. The Bertz CT molecular complexity index is 4840. The van der Waals surface area contributed by atoms with Gasteiger partial charge in [-0.05, 0) is 132 Å². The van der Waals surface area contributed by atoms with E-state index in [0.717, 1.165) is 24.8 Å². The predicted molar refractivity (Wildman–Crippen MR) is 474 cm³/mol. The number of rotatable bonds is 20. The van der Waals surface area contributed by atoms with Crippen molar-refractivity contribution in [3.8, 4) is 0 Å². The molecule has 0 spiro atoms. The first-order chi connectivity index (χ1) is 60.2. The summed E-state index contributed by atoms with van der Waals surface area (Å²) in [6, 6.07) is 0. The maximum atomic E-state index is 13.2. The van der Waals surface area contributed by atoms with Crippen LogP contribution < -0.4 is 0 Å². The fraction of sp³-hybridized carbons (Fsp3) is 0.796. The number of aliphatic hydroxyl groups is 13. The summed E-state index contributed by atoms with van der Waals surface area (Å²) < 4.78 is 42.3. The Morgan fingerprint density at radius 1 is 0.485 bits per heavy atom. The molecule has 0 aromatic heterocycles. The Balaban J connectivity index is 0.000000134. The van der Waals surface area contributed by atoms with Crippen LogP contribution in [-0.4, -0.2) is 236 Å². The van der Waals surface area contributed by atoms with Gasteiger partial charge < -0.3 is 99.5 Å². The summed E-state index contributed by atoms with van der Waals surface area (Å²) in [5, 5.41) is 148. The van der Waals surface area contributed by atoms with Crippen molar-refractivity contribution >= 4 is 41.4 Å². The molecular formula is C103H150O27. The molecule has 18 rings (SSSR count). The van der Waals surface area contributed by atoms with Crippen LogP contribution in [0.25, 0.3) is 0 Å². The van der Waals surface area contributed by atoms with Gasteiger partial charge in [0.15, 0.2) is 22.8 Å². The summed E-state index contributed by atoms with van der Waals surface area (Å²) in [6.07, 6.45) is 23.5. The number of ketones is 2. The third-order valence-corrected chi connectivity index (χ3v) is 37.9. The first-order valence-corrected chi connectivity index (χ1v) is 48.4. The molecule has 0 bridgehead atoms. The van der Waals surface area contributed by atoms with Crippen LogP contribution in [0.5, 0.6) is 0 Å². The lowest BCUT2D eigenvalue weighted by molar-refractivity contribution is -0.211. The lowest BCUT2D eigenvalue weighted by atomic mass is 9.59. The van der Waals surface area contributed by atoms with Crippen LogP contribution in [0.4, 0.5) is 0 Å². The van der Waals surface area contributed by atoms with Crippen LogP contribution in [0.3, 0.4) is 0 Å². The third kappa shape index (κ3) is 13.5. The Kier molecular flexibility index (Phi) is 24.3. The first-order valence-electron chi connectivity index (χ1n) is 48.4. The normalized spacial score (nSPS) is 49.4. The fourth-order valence-electron chi connectivity index (χ4n) is 31.2. The number of Topliss-reactive ketones (excluding diaryl/α,β-unsaturated/α-hetero) is 2. The van der Waals surface area contributed by atoms with Crippen molar-refractivity contribution in [2.75, 3.05) is 19.8 Å². The number of carbonyl (C=O) groups excluding carboxylic acids is 7. The Labute approximate surface area is 765 Å². The van der Waals surface area contributed by atoms with Gasteiger partial charge >= 0.3 is 29.8 Å². The standard InChI is InChI=1S/C32H50O7.C27H36O7.C22H32O7.C22H32O6/c1-6-7-8-9-10-11-12-13-14-15-23(34)38-31-17-21(3)32(37)22-16-20(2)26(35)30(22,36)18-29(19-33)27(39-29)24(32)25(31)28(31,4)5;1-8-9-20(28)33-24(7)21-18-10-15(4)12-25(31)19(11-16(5)22(25)29)27(18,32)17(6)13-26(21,24)34-23(30)14(2)3;1-10-6-13-20(26,16(10)25)8-19(9-23)17(29-19)14-15-18(4,5)21(15,28-12(3)24)7-11(2)22(13,14)27;1-11-6-16-20(26,18(11)25)9-14(10-23)7-15-17-19(4,5)21(17,28-13(3)24)8-12(2)22(15,16)27/h16,21-22,24-25,27,33,36-37H,6-15,17-19H2,1-5H3;8-11,14,17-19,21,31-32H,12-13H2,1-7H3;6,11,13-17,23,25-27H,7-9H2,1-5H3;6-7,12,15-18,23,25-27H,8-10H2,1-5H3/b;9-8+;;/t21-,22-,24-,25-,27?,29?,30-,31+,32+;17-,18+,19-,21-,24?,25-,26+,27-;11-,13-,14-,15-,16?,17?,19?,20-,21+,22+;12-,15+,16-,17-,18?,20-,21+,22-/m1111/s1. The Morgan fingerprint density at radius 3 is 1.38 bits per heavy atom. The van der Waals surface area contributed by atoms with E-state index in [0.29, 0.717) is 53.5 Å². The average molecular weight is 1820 g/mol. The van der Waals surface area contributed by atoms with Crippen molar-refractivity contribution in [2.24, 2.45) is 117 Å². The highest BCUT2D eigenvalue weighted by molar-refractivity contribution is 6.05. The summed E-state index contributed by atoms with van der Waals surface area (Å²) in [5.41, 5.74) is -16.3. The maximum absolute atomic E-state index is 13.2. The zero-order valence-corrected chi connectivity index (χ0v) is 80.6. The second-order valence-electron chi connectivity index (χ2n) is 46.5. The largest absolute Gasteiger partial charge is 0.458 e. The van der Waals surface area contributed by atoms with Gasteiger partial charge in [-0.1, -0.05) is 189 Å². The molecule has 0 aromatic rings. The summed E-state index contributed by atoms with van der Waals surface area (Å²) in [4.78, 5) is 88.5. The predicted octanol–water partition coefficient (Wildman–Crippen LogP) is 9.54. The summed E-state index contributed by atoms with van der Waals surface area (Å²) in [5.74, 6) is -10.2. The highest BCUT2D eigenvalue weighted by atomic mass is 16.6. The topological polar surface area (TPSA) is 454 Å². The van der Waals surface area contributed by atoms with Gasteiger partial charge in [0.05, 0.1) is 66.3 Å². The molecule has 2 aliphatic heterocycles.